The maximum absolute atomic E-state index is 12.6. The van der Waals surface area contributed by atoms with Crippen molar-refractivity contribution < 1.29 is 14.3 Å². The molecule has 1 aliphatic carbocycles. The third kappa shape index (κ3) is 3.66. The molecule has 4 amide bonds. The molecule has 5 rings (SSSR count). The number of para-hydroxylation sites is 1. The van der Waals surface area contributed by atoms with E-state index in [0.717, 1.165) is 54.7 Å². The highest BCUT2D eigenvalue weighted by Gasteiger charge is 2.36. The molecule has 3 heterocycles. The zero-order valence-corrected chi connectivity index (χ0v) is 17.9. The summed E-state index contributed by atoms with van der Waals surface area (Å²) < 4.78 is 7.17. The van der Waals surface area contributed by atoms with Crippen LogP contribution in [0.5, 0.6) is 5.75 Å². The highest BCUT2D eigenvalue weighted by molar-refractivity contribution is 7.16. The second-order valence-electron chi connectivity index (χ2n) is 8.45. The van der Waals surface area contributed by atoms with E-state index in [-0.39, 0.29) is 24.2 Å². The van der Waals surface area contributed by atoms with Crippen molar-refractivity contribution in [1.29, 1.82) is 0 Å². The van der Waals surface area contributed by atoms with Gasteiger partial charge in [0.05, 0.1) is 23.3 Å². The van der Waals surface area contributed by atoms with Gasteiger partial charge in [-0.3, -0.25) is 0 Å². The fourth-order valence-electron chi connectivity index (χ4n) is 4.62. The lowest BCUT2D eigenvalue weighted by molar-refractivity contribution is 0.0434. The number of fused-ring (bicyclic) bond motifs is 1. The summed E-state index contributed by atoms with van der Waals surface area (Å²) in [5, 5.41) is 3.17. The third-order valence-corrected chi connectivity index (χ3v) is 7.26. The predicted molar refractivity (Wildman–Crippen MR) is 115 cm³/mol. The van der Waals surface area contributed by atoms with Crippen LogP contribution in [-0.2, 0) is 0 Å². The van der Waals surface area contributed by atoms with Crippen molar-refractivity contribution in [2.24, 2.45) is 0 Å². The Morgan fingerprint density at radius 3 is 2.73 bits per heavy atom. The summed E-state index contributed by atoms with van der Waals surface area (Å²) in [6.07, 6.45) is 3.76. The number of urea groups is 2. The van der Waals surface area contributed by atoms with Gasteiger partial charge in [-0.25, -0.2) is 14.6 Å². The molecule has 1 aromatic heterocycles. The Balaban J connectivity index is 1.06. The minimum Gasteiger partial charge on any atom is -0.484 e. The SMILES string of the molecule is CN1CCN([C@H]2CC[C@H](NC(=O)N3CC(Oc4cccc5scnc45)C3)CC2)C1=O. The quantitative estimate of drug-likeness (QED) is 0.811. The van der Waals surface area contributed by atoms with Crippen LogP contribution in [0.25, 0.3) is 10.2 Å². The molecule has 2 aromatic rings. The van der Waals surface area contributed by atoms with E-state index in [1.165, 1.54) is 0 Å². The number of carbonyl (C=O) groups excluding carboxylic acids is 2. The van der Waals surface area contributed by atoms with E-state index in [1.807, 2.05) is 35.7 Å². The van der Waals surface area contributed by atoms with E-state index < -0.39 is 0 Å². The molecule has 0 spiro atoms. The standard InChI is InChI=1S/C21H27N5O3S/c1-24-9-10-26(21(24)28)15-7-5-14(6-8-15)23-20(27)25-11-16(12-25)29-17-3-2-4-18-19(17)22-13-30-18/h2-4,13-16H,5-12H2,1H3,(H,23,27)/t14-,15-. The van der Waals surface area contributed by atoms with Crippen LogP contribution in [0.15, 0.2) is 23.7 Å². The van der Waals surface area contributed by atoms with E-state index in [0.29, 0.717) is 19.1 Å². The van der Waals surface area contributed by atoms with Gasteiger partial charge in [0, 0.05) is 32.2 Å². The Morgan fingerprint density at radius 2 is 2.00 bits per heavy atom. The van der Waals surface area contributed by atoms with Gasteiger partial charge in [0.1, 0.15) is 17.4 Å². The molecule has 1 aromatic carbocycles. The molecule has 1 saturated carbocycles. The first-order chi connectivity index (χ1) is 14.6. The molecule has 0 bridgehead atoms. The summed E-state index contributed by atoms with van der Waals surface area (Å²) in [6, 6.07) is 6.57. The van der Waals surface area contributed by atoms with Gasteiger partial charge in [-0.2, -0.15) is 0 Å². The number of benzene rings is 1. The Kier molecular flexibility index (Phi) is 5.14. The zero-order chi connectivity index (χ0) is 20.7. The number of likely N-dealkylation sites (N-methyl/N-ethyl adjacent to an activating group) is 1. The molecule has 30 heavy (non-hydrogen) atoms. The molecule has 8 nitrogen and oxygen atoms in total. The summed E-state index contributed by atoms with van der Waals surface area (Å²) in [6.45, 7) is 2.82. The topological polar surface area (TPSA) is 78.0 Å². The first kappa shape index (κ1) is 19.4. The number of hydrogen-bond acceptors (Lipinski definition) is 5. The van der Waals surface area contributed by atoms with Gasteiger partial charge in [0.2, 0.25) is 0 Å². The van der Waals surface area contributed by atoms with Crippen molar-refractivity contribution in [2.45, 2.75) is 43.9 Å². The zero-order valence-electron chi connectivity index (χ0n) is 17.1. The maximum Gasteiger partial charge on any atom is 0.320 e. The van der Waals surface area contributed by atoms with Gasteiger partial charge >= 0.3 is 12.1 Å². The number of nitrogens with zero attached hydrogens (tertiary/aromatic N) is 4. The van der Waals surface area contributed by atoms with E-state index in [4.69, 9.17) is 4.74 Å². The number of rotatable bonds is 4. The highest BCUT2D eigenvalue weighted by Crippen LogP contribution is 2.29. The molecule has 3 fully saturated rings. The minimum absolute atomic E-state index is 0.0111. The molecular formula is C21H27N5O3S. The van der Waals surface area contributed by atoms with E-state index in [9.17, 15) is 9.59 Å². The van der Waals surface area contributed by atoms with Crippen LogP contribution in [-0.4, -0.2) is 83.2 Å². The lowest BCUT2D eigenvalue weighted by Gasteiger charge is -2.40. The van der Waals surface area contributed by atoms with Gasteiger partial charge in [0.15, 0.2) is 0 Å². The Labute approximate surface area is 179 Å². The lowest BCUT2D eigenvalue weighted by Crippen LogP contribution is -2.60. The van der Waals surface area contributed by atoms with Crippen molar-refractivity contribution in [2.75, 3.05) is 33.2 Å². The number of nitrogens with one attached hydrogen (secondary N) is 1. The van der Waals surface area contributed by atoms with Crippen LogP contribution in [0.2, 0.25) is 0 Å². The molecule has 1 N–H and O–H groups in total. The van der Waals surface area contributed by atoms with Crippen molar-refractivity contribution >= 4 is 33.6 Å². The summed E-state index contributed by atoms with van der Waals surface area (Å²) in [5.41, 5.74) is 2.72. The summed E-state index contributed by atoms with van der Waals surface area (Å²) in [7, 11) is 1.86. The van der Waals surface area contributed by atoms with Gasteiger partial charge in [-0.05, 0) is 37.8 Å². The fourth-order valence-corrected chi connectivity index (χ4v) is 5.31. The Morgan fingerprint density at radius 1 is 1.20 bits per heavy atom. The van der Waals surface area contributed by atoms with Crippen LogP contribution < -0.4 is 10.1 Å². The first-order valence-electron chi connectivity index (χ1n) is 10.6. The van der Waals surface area contributed by atoms with E-state index in [1.54, 1.807) is 21.1 Å². The second-order valence-corrected chi connectivity index (χ2v) is 9.34. The largest absolute Gasteiger partial charge is 0.484 e. The van der Waals surface area contributed by atoms with E-state index >= 15 is 0 Å². The molecule has 9 heteroatoms. The number of amides is 4. The first-order valence-corrected chi connectivity index (χ1v) is 11.5. The van der Waals surface area contributed by atoms with Gasteiger partial charge in [-0.1, -0.05) is 6.07 Å². The van der Waals surface area contributed by atoms with Crippen molar-refractivity contribution in [3.63, 3.8) is 0 Å². The van der Waals surface area contributed by atoms with Crippen LogP contribution in [0, 0.1) is 0 Å². The monoisotopic (exact) mass is 429 g/mol. The van der Waals surface area contributed by atoms with Crippen LogP contribution >= 0.6 is 11.3 Å². The normalized spacial score (nSPS) is 25.0. The predicted octanol–water partition coefficient (Wildman–Crippen LogP) is 2.75. The molecule has 0 unspecified atom stereocenters. The molecule has 0 radical (unpaired) electrons. The van der Waals surface area contributed by atoms with Crippen molar-refractivity contribution in [3.05, 3.63) is 23.7 Å². The number of carbonyl (C=O) groups is 2. The third-order valence-electron chi connectivity index (χ3n) is 6.47. The summed E-state index contributed by atoms with van der Waals surface area (Å²) in [4.78, 5) is 34.7. The highest BCUT2D eigenvalue weighted by atomic mass is 32.1. The Bertz CT molecular complexity index is 936. The molecule has 2 aliphatic heterocycles. The summed E-state index contributed by atoms with van der Waals surface area (Å²) >= 11 is 1.60. The number of ether oxygens (including phenoxy) is 1. The molecule has 160 valence electrons. The lowest BCUT2D eigenvalue weighted by atomic mass is 9.90. The Hall–Kier alpha value is -2.55. The van der Waals surface area contributed by atoms with Crippen molar-refractivity contribution in [3.8, 4) is 5.75 Å². The molecule has 0 atom stereocenters. The average Bonchev–Trinajstić information content (AvgIpc) is 3.32. The number of aromatic nitrogens is 1. The molecular weight excluding hydrogens is 402 g/mol. The number of thiazole rings is 1. The number of likely N-dealkylation sites (tertiary alicyclic amines) is 1. The van der Waals surface area contributed by atoms with Gasteiger partial charge in [0.25, 0.3) is 0 Å². The summed E-state index contributed by atoms with van der Waals surface area (Å²) in [5.74, 6) is 0.791. The van der Waals surface area contributed by atoms with Crippen LogP contribution in [0.1, 0.15) is 25.7 Å². The van der Waals surface area contributed by atoms with Crippen molar-refractivity contribution in [1.82, 2.24) is 25.0 Å². The minimum atomic E-state index is -0.0119. The van der Waals surface area contributed by atoms with Gasteiger partial charge in [-0.15, -0.1) is 11.3 Å². The number of hydrogen-bond donors (Lipinski definition) is 1. The molecule has 2 saturated heterocycles. The van der Waals surface area contributed by atoms with Gasteiger partial charge < -0.3 is 24.8 Å². The second kappa shape index (κ2) is 7.94. The van der Waals surface area contributed by atoms with Crippen LogP contribution in [0.3, 0.4) is 0 Å². The van der Waals surface area contributed by atoms with Crippen LogP contribution in [0.4, 0.5) is 9.59 Å². The maximum atomic E-state index is 12.6. The fraction of sp³-hybridized carbons (Fsp3) is 0.571. The average molecular weight is 430 g/mol. The van der Waals surface area contributed by atoms with E-state index in [2.05, 4.69) is 10.3 Å². The molecule has 3 aliphatic rings. The smallest absolute Gasteiger partial charge is 0.320 e.